The monoisotopic (exact) mass is 194 g/mol. The molecule has 1 atom stereocenters. The Morgan fingerprint density at radius 2 is 2.21 bits per heavy atom. The fourth-order valence-electron chi connectivity index (χ4n) is 1.18. The number of aromatic hydroxyl groups is 1. The molecule has 1 aromatic rings. The van der Waals surface area contributed by atoms with Crippen LogP contribution in [0.3, 0.4) is 0 Å². The summed E-state index contributed by atoms with van der Waals surface area (Å²) in [5.41, 5.74) is 10.5. The number of benzene rings is 1. The number of phenolic OH excluding ortho intramolecular Hbond substituents is 1. The van der Waals surface area contributed by atoms with Gasteiger partial charge in [0, 0.05) is 0 Å². The molecule has 0 bridgehead atoms. The minimum atomic E-state index is -1.08. The van der Waals surface area contributed by atoms with Crippen molar-refractivity contribution in [2.24, 2.45) is 11.5 Å². The molecule has 0 aliphatic heterocycles. The van der Waals surface area contributed by atoms with Gasteiger partial charge in [-0.2, -0.15) is 0 Å². The minimum Gasteiger partial charge on any atom is -0.508 e. The molecule has 0 radical (unpaired) electrons. The van der Waals surface area contributed by atoms with Gasteiger partial charge in [0.15, 0.2) is 0 Å². The number of hydrogen-bond donors (Lipinski definition) is 3. The average Bonchev–Trinajstić information content (AvgIpc) is 2.02. The highest BCUT2D eigenvalue weighted by Gasteiger charge is 2.25. The number of carbonyl (C=O) groups excluding carboxylic acids is 1. The van der Waals surface area contributed by atoms with Crippen molar-refractivity contribution in [3.8, 4) is 5.75 Å². The fraction of sp³-hybridized carbons (Fsp3) is 0.300. The molecule has 5 N–H and O–H groups in total. The normalized spacial score (nSPS) is 14.7. The molecule has 0 spiro atoms. The second-order valence-electron chi connectivity index (χ2n) is 3.63. The second kappa shape index (κ2) is 3.67. The summed E-state index contributed by atoms with van der Waals surface area (Å²) in [7, 11) is 0. The predicted octanol–water partition coefficient (Wildman–Crippen LogP) is 0.137. The molecule has 14 heavy (non-hydrogen) atoms. The SMILES string of the molecule is CC(N)(Cc1cccc(O)c1)C(N)=O. The Labute approximate surface area is 82.5 Å². The fourth-order valence-corrected chi connectivity index (χ4v) is 1.18. The topological polar surface area (TPSA) is 89.3 Å². The summed E-state index contributed by atoms with van der Waals surface area (Å²) < 4.78 is 0. The van der Waals surface area contributed by atoms with E-state index in [4.69, 9.17) is 11.5 Å². The Hall–Kier alpha value is -1.55. The Balaban J connectivity index is 2.83. The van der Waals surface area contributed by atoms with Crippen LogP contribution in [0.1, 0.15) is 12.5 Å². The maximum Gasteiger partial charge on any atom is 0.237 e. The van der Waals surface area contributed by atoms with E-state index in [-0.39, 0.29) is 5.75 Å². The number of hydrogen-bond acceptors (Lipinski definition) is 3. The van der Waals surface area contributed by atoms with E-state index in [1.807, 2.05) is 0 Å². The van der Waals surface area contributed by atoms with Gasteiger partial charge in [0.25, 0.3) is 0 Å². The van der Waals surface area contributed by atoms with Gasteiger partial charge in [-0.15, -0.1) is 0 Å². The maximum absolute atomic E-state index is 10.9. The first-order valence-electron chi connectivity index (χ1n) is 4.28. The van der Waals surface area contributed by atoms with Gasteiger partial charge >= 0.3 is 0 Å². The lowest BCUT2D eigenvalue weighted by Crippen LogP contribution is -2.50. The number of nitrogens with two attached hydrogens (primary N) is 2. The molecule has 1 unspecified atom stereocenters. The van der Waals surface area contributed by atoms with Gasteiger partial charge in [0.05, 0.1) is 5.54 Å². The lowest BCUT2D eigenvalue weighted by atomic mass is 9.93. The zero-order valence-electron chi connectivity index (χ0n) is 8.03. The quantitative estimate of drug-likeness (QED) is 0.639. The van der Waals surface area contributed by atoms with Gasteiger partial charge in [0.2, 0.25) is 5.91 Å². The third kappa shape index (κ3) is 2.47. The highest BCUT2D eigenvalue weighted by atomic mass is 16.3. The van der Waals surface area contributed by atoms with E-state index in [1.54, 1.807) is 31.2 Å². The van der Waals surface area contributed by atoms with Crippen molar-refractivity contribution in [2.75, 3.05) is 0 Å². The van der Waals surface area contributed by atoms with E-state index in [2.05, 4.69) is 0 Å². The summed E-state index contributed by atoms with van der Waals surface area (Å²) in [5, 5.41) is 9.19. The summed E-state index contributed by atoms with van der Waals surface area (Å²) in [5.74, 6) is -0.399. The van der Waals surface area contributed by atoms with Crippen LogP contribution in [0.15, 0.2) is 24.3 Å². The molecule has 0 aromatic heterocycles. The average molecular weight is 194 g/mol. The number of rotatable bonds is 3. The first kappa shape index (κ1) is 10.5. The maximum atomic E-state index is 10.9. The number of carbonyl (C=O) groups is 1. The van der Waals surface area contributed by atoms with Crippen molar-refractivity contribution in [3.63, 3.8) is 0 Å². The molecule has 1 aromatic carbocycles. The highest BCUT2D eigenvalue weighted by molar-refractivity contribution is 5.84. The lowest BCUT2D eigenvalue weighted by Gasteiger charge is -2.20. The molecular weight excluding hydrogens is 180 g/mol. The molecular formula is C10H14N2O2. The third-order valence-corrected chi connectivity index (χ3v) is 2.04. The first-order valence-corrected chi connectivity index (χ1v) is 4.28. The molecule has 1 rings (SSSR count). The smallest absolute Gasteiger partial charge is 0.237 e. The van der Waals surface area contributed by atoms with Crippen molar-refractivity contribution >= 4 is 5.91 Å². The minimum absolute atomic E-state index is 0.155. The predicted molar refractivity (Wildman–Crippen MR) is 53.6 cm³/mol. The van der Waals surface area contributed by atoms with Crippen molar-refractivity contribution in [1.29, 1.82) is 0 Å². The van der Waals surface area contributed by atoms with E-state index in [1.165, 1.54) is 0 Å². The van der Waals surface area contributed by atoms with Gasteiger partial charge < -0.3 is 16.6 Å². The number of primary amides is 1. The summed E-state index contributed by atoms with van der Waals surface area (Å²) in [6, 6.07) is 6.60. The van der Waals surface area contributed by atoms with Crippen LogP contribution in [0, 0.1) is 0 Å². The first-order chi connectivity index (χ1) is 6.42. The second-order valence-corrected chi connectivity index (χ2v) is 3.63. The van der Waals surface area contributed by atoms with Crippen molar-refractivity contribution < 1.29 is 9.90 Å². The van der Waals surface area contributed by atoms with Crippen LogP contribution in [0.4, 0.5) is 0 Å². The Bertz CT molecular complexity index is 348. The summed E-state index contributed by atoms with van der Waals surface area (Å²) in [4.78, 5) is 10.9. The molecule has 76 valence electrons. The van der Waals surface area contributed by atoms with E-state index < -0.39 is 11.4 Å². The highest BCUT2D eigenvalue weighted by Crippen LogP contribution is 2.15. The van der Waals surface area contributed by atoms with Crippen molar-refractivity contribution in [3.05, 3.63) is 29.8 Å². The van der Waals surface area contributed by atoms with Crippen LogP contribution >= 0.6 is 0 Å². The van der Waals surface area contributed by atoms with Gasteiger partial charge in [0.1, 0.15) is 5.75 Å². The molecule has 4 heteroatoms. The van der Waals surface area contributed by atoms with Crippen LogP contribution in [-0.4, -0.2) is 16.6 Å². The Morgan fingerprint density at radius 1 is 1.57 bits per heavy atom. The Morgan fingerprint density at radius 3 is 2.71 bits per heavy atom. The van der Waals surface area contributed by atoms with Crippen molar-refractivity contribution in [2.45, 2.75) is 18.9 Å². The molecule has 1 amide bonds. The van der Waals surface area contributed by atoms with Crippen molar-refractivity contribution in [1.82, 2.24) is 0 Å². The zero-order chi connectivity index (χ0) is 10.8. The third-order valence-electron chi connectivity index (χ3n) is 2.04. The summed E-state index contributed by atoms with van der Waals surface area (Å²) >= 11 is 0. The van der Waals surface area contributed by atoms with E-state index in [9.17, 15) is 9.90 Å². The molecule has 0 aliphatic carbocycles. The van der Waals surface area contributed by atoms with Gasteiger partial charge in [-0.1, -0.05) is 12.1 Å². The van der Waals surface area contributed by atoms with Crippen LogP contribution in [-0.2, 0) is 11.2 Å². The number of amides is 1. The van der Waals surface area contributed by atoms with Gasteiger partial charge in [-0.25, -0.2) is 0 Å². The van der Waals surface area contributed by atoms with Crippen LogP contribution < -0.4 is 11.5 Å². The Kier molecular flexibility index (Phi) is 2.76. The lowest BCUT2D eigenvalue weighted by molar-refractivity contribution is -0.122. The van der Waals surface area contributed by atoms with Crippen LogP contribution in [0.2, 0.25) is 0 Å². The summed E-state index contributed by atoms with van der Waals surface area (Å²) in [6.45, 7) is 1.57. The standard InChI is InChI=1S/C10H14N2O2/c1-10(12,9(11)14)6-7-3-2-4-8(13)5-7/h2-5,13H,6,12H2,1H3,(H2,11,14). The van der Waals surface area contributed by atoms with E-state index >= 15 is 0 Å². The van der Waals surface area contributed by atoms with Crippen LogP contribution in [0.5, 0.6) is 5.75 Å². The van der Waals surface area contributed by atoms with E-state index in [0.717, 1.165) is 5.56 Å². The van der Waals surface area contributed by atoms with Gasteiger partial charge in [-0.3, -0.25) is 4.79 Å². The van der Waals surface area contributed by atoms with Gasteiger partial charge in [-0.05, 0) is 31.0 Å². The molecule has 4 nitrogen and oxygen atoms in total. The molecule has 0 saturated heterocycles. The van der Waals surface area contributed by atoms with Crippen LogP contribution in [0.25, 0.3) is 0 Å². The zero-order valence-corrected chi connectivity index (χ0v) is 8.03. The molecule has 0 aliphatic rings. The number of phenols is 1. The largest absolute Gasteiger partial charge is 0.508 e. The van der Waals surface area contributed by atoms with E-state index in [0.29, 0.717) is 6.42 Å². The molecule has 0 saturated carbocycles. The molecule has 0 heterocycles. The summed E-state index contributed by atoms with van der Waals surface area (Å²) in [6.07, 6.45) is 0.316. The molecule has 0 fully saturated rings.